The number of nitrogens with zero attached hydrogens (tertiary/aromatic N) is 1. The molecule has 3 heterocycles. The Hall–Kier alpha value is -2.04. The zero-order valence-electron chi connectivity index (χ0n) is 12.1. The lowest BCUT2D eigenvalue weighted by molar-refractivity contribution is -0.118. The van der Waals surface area contributed by atoms with Gasteiger partial charge in [-0.2, -0.15) is 0 Å². The highest BCUT2D eigenvalue weighted by atomic mass is 35.5. The number of thiazole rings is 1. The highest BCUT2D eigenvalue weighted by Crippen LogP contribution is 2.28. The zero-order valence-corrected chi connectivity index (χ0v) is 13.8. The van der Waals surface area contributed by atoms with Gasteiger partial charge in [0.25, 0.3) is 11.8 Å². The summed E-state index contributed by atoms with van der Waals surface area (Å²) in [6.07, 6.45) is 1.04. The number of alkyl halides is 2. The number of aromatic amines is 1. The van der Waals surface area contributed by atoms with Crippen molar-refractivity contribution in [2.24, 2.45) is 5.73 Å². The minimum Gasteiger partial charge on any atom is -0.364 e. The van der Waals surface area contributed by atoms with Crippen LogP contribution in [0.15, 0.2) is 17.6 Å². The maximum Gasteiger partial charge on any atom is 0.265 e. The van der Waals surface area contributed by atoms with Gasteiger partial charge in [0.1, 0.15) is 5.69 Å². The van der Waals surface area contributed by atoms with Gasteiger partial charge in [-0.3, -0.25) is 14.9 Å². The molecule has 0 saturated carbocycles. The molecule has 2 aromatic rings. The van der Waals surface area contributed by atoms with Crippen LogP contribution in [0.25, 0.3) is 11.3 Å². The Balaban J connectivity index is 0.00000208. The molecule has 5 N–H and O–H groups in total. The molecule has 24 heavy (non-hydrogen) atoms. The average molecular weight is 378 g/mol. The molecule has 1 saturated heterocycles. The Morgan fingerprint density at radius 2 is 2.21 bits per heavy atom. The fourth-order valence-corrected chi connectivity index (χ4v) is 2.96. The molecule has 1 atom stereocenters. The molecule has 11 heteroatoms. The van der Waals surface area contributed by atoms with Crippen LogP contribution >= 0.6 is 23.7 Å². The number of carbonyl (C=O) groups is 2. The Morgan fingerprint density at radius 1 is 1.46 bits per heavy atom. The minimum absolute atomic E-state index is 0. The van der Waals surface area contributed by atoms with E-state index in [1.54, 1.807) is 17.6 Å². The van der Waals surface area contributed by atoms with Crippen LogP contribution in [-0.4, -0.2) is 40.3 Å². The number of hydrogen-bond acceptors (Lipinski definition) is 5. The number of H-pyrrole nitrogens is 1. The third-order valence-corrected chi connectivity index (χ3v) is 4.16. The Morgan fingerprint density at radius 3 is 2.79 bits per heavy atom. The van der Waals surface area contributed by atoms with Gasteiger partial charge in [0.05, 0.1) is 18.3 Å². The van der Waals surface area contributed by atoms with Gasteiger partial charge in [-0.15, -0.1) is 23.7 Å². The van der Waals surface area contributed by atoms with Gasteiger partial charge < -0.3 is 16.0 Å². The number of hydrogen-bond donors (Lipinski definition) is 4. The van der Waals surface area contributed by atoms with Crippen LogP contribution in [0.5, 0.6) is 0 Å². The molecule has 1 aliphatic rings. The molecule has 2 aromatic heterocycles. The van der Waals surface area contributed by atoms with Crippen molar-refractivity contribution in [3.8, 4) is 11.3 Å². The summed E-state index contributed by atoms with van der Waals surface area (Å²) in [5.41, 5.74) is 6.58. The monoisotopic (exact) mass is 377 g/mol. The third-order valence-electron chi connectivity index (χ3n) is 3.40. The number of rotatable bonds is 4. The molecule has 130 valence electrons. The maximum atomic E-state index is 13.1. The molecular weight excluding hydrogens is 364 g/mol. The molecule has 7 nitrogen and oxygen atoms in total. The van der Waals surface area contributed by atoms with Gasteiger partial charge in [-0.25, -0.2) is 13.8 Å². The summed E-state index contributed by atoms with van der Waals surface area (Å²) in [5.74, 6) is -4.00. The first-order valence-corrected chi connectivity index (χ1v) is 7.58. The molecule has 1 unspecified atom stereocenters. The van der Waals surface area contributed by atoms with E-state index in [1.165, 1.54) is 0 Å². The smallest absolute Gasteiger partial charge is 0.265 e. The van der Waals surface area contributed by atoms with Crippen LogP contribution in [0, 0.1) is 0 Å². The molecule has 3 rings (SSSR count). The van der Waals surface area contributed by atoms with Crippen molar-refractivity contribution in [1.82, 2.24) is 15.3 Å². The predicted molar refractivity (Wildman–Crippen MR) is 87.7 cm³/mol. The molecule has 1 fully saturated rings. The van der Waals surface area contributed by atoms with E-state index >= 15 is 0 Å². The van der Waals surface area contributed by atoms with E-state index in [-0.39, 0.29) is 18.1 Å². The Kier molecular flexibility index (Phi) is 5.21. The van der Waals surface area contributed by atoms with E-state index < -0.39 is 36.7 Å². The fourth-order valence-electron chi connectivity index (χ4n) is 2.24. The van der Waals surface area contributed by atoms with Gasteiger partial charge in [0, 0.05) is 23.6 Å². The van der Waals surface area contributed by atoms with Crippen molar-refractivity contribution in [2.75, 3.05) is 11.9 Å². The second-order valence-corrected chi connectivity index (χ2v) is 6.05. The van der Waals surface area contributed by atoms with Crippen LogP contribution in [0.4, 0.5) is 13.9 Å². The number of halogens is 3. The van der Waals surface area contributed by atoms with Crippen molar-refractivity contribution in [3.63, 3.8) is 0 Å². The molecule has 0 aromatic carbocycles. The van der Waals surface area contributed by atoms with E-state index in [4.69, 9.17) is 5.73 Å². The lowest BCUT2D eigenvalue weighted by Gasteiger charge is -2.08. The van der Waals surface area contributed by atoms with E-state index in [2.05, 4.69) is 20.6 Å². The SMILES string of the molecule is Cl.NC(=O)c1cc(-c2csc(NC(=O)C3CC(F)(F)CN3)n2)c[nH]1. The number of amides is 2. The van der Waals surface area contributed by atoms with Crippen molar-refractivity contribution in [3.05, 3.63) is 23.3 Å². The van der Waals surface area contributed by atoms with Gasteiger partial charge in [-0.1, -0.05) is 0 Å². The summed E-state index contributed by atoms with van der Waals surface area (Å²) in [5, 5.41) is 6.97. The zero-order chi connectivity index (χ0) is 16.6. The summed E-state index contributed by atoms with van der Waals surface area (Å²) in [6, 6.07) is 0.605. The minimum atomic E-state index is -2.87. The largest absolute Gasteiger partial charge is 0.364 e. The predicted octanol–water partition coefficient (Wildman–Crippen LogP) is 1.59. The first-order chi connectivity index (χ1) is 10.8. The lowest BCUT2D eigenvalue weighted by Crippen LogP contribution is -2.35. The van der Waals surface area contributed by atoms with E-state index in [0.717, 1.165) is 11.3 Å². The quantitative estimate of drug-likeness (QED) is 0.648. The number of primary amides is 1. The van der Waals surface area contributed by atoms with E-state index in [1.807, 2.05) is 0 Å². The van der Waals surface area contributed by atoms with Crippen LogP contribution in [-0.2, 0) is 4.79 Å². The summed E-state index contributed by atoms with van der Waals surface area (Å²) in [4.78, 5) is 29.9. The van der Waals surface area contributed by atoms with Crippen LogP contribution < -0.4 is 16.4 Å². The fraction of sp³-hybridized carbons (Fsp3) is 0.308. The number of aromatic nitrogens is 2. The molecule has 0 radical (unpaired) electrons. The molecule has 0 bridgehead atoms. The average Bonchev–Trinajstić information content (AvgIpc) is 3.16. The van der Waals surface area contributed by atoms with Crippen molar-refractivity contribution in [2.45, 2.75) is 18.4 Å². The van der Waals surface area contributed by atoms with Crippen LogP contribution in [0.1, 0.15) is 16.9 Å². The topological polar surface area (TPSA) is 113 Å². The molecule has 0 spiro atoms. The van der Waals surface area contributed by atoms with Crippen LogP contribution in [0.3, 0.4) is 0 Å². The lowest BCUT2D eigenvalue weighted by atomic mass is 10.2. The normalized spacial score (nSPS) is 18.8. The van der Waals surface area contributed by atoms with Crippen molar-refractivity contribution in [1.29, 1.82) is 0 Å². The standard InChI is InChI=1S/C13H13F2N5O2S.ClH/c14-13(15)2-8(18-5-13)11(22)20-12-19-9(4-23-12)6-1-7(10(16)21)17-3-6;/h1,3-4,8,17-18H,2,5H2,(H2,16,21)(H,19,20,22);1H. The summed E-state index contributed by atoms with van der Waals surface area (Å²) < 4.78 is 26.2. The molecule has 1 aliphatic heterocycles. The summed E-state index contributed by atoms with van der Waals surface area (Å²) in [7, 11) is 0. The van der Waals surface area contributed by atoms with E-state index in [9.17, 15) is 18.4 Å². The van der Waals surface area contributed by atoms with Crippen LogP contribution in [0.2, 0.25) is 0 Å². The molecular formula is C13H14ClF2N5O2S. The number of anilines is 1. The second kappa shape index (κ2) is 6.83. The summed E-state index contributed by atoms with van der Waals surface area (Å²) >= 11 is 1.16. The Bertz CT molecular complexity index is 763. The number of nitrogens with one attached hydrogen (secondary N) is 3. The summed E-state index contributed by atoms with van der Waals surface area (Å²) in [6.45, 7) is -0.506. The number of nitrogens with two attached hydrogens (primary N) is 1. The van der Waals surface area contributed by atoms with Gasteiger partial charge in [0.15, 0.2) is 5.13 Å². The van der Waals surface area contributed by atoms with Crippen molar-refractivity contribution < 1.29 is 18.4 Å². The van der Waals surface area contributed by atoms with Gasteiger partial charge >= 0.3 is 0 Å². The Labute approximate surface area is 145 Å². The van der Waals surface area contributed by atoms with E-state index in [0.29, 0.717) is 16.4 Å². The first kappa shape index (κ1) is 18.3. The highest BCUT2D eigenvalue weighted by Gasteiger charge is 2.42. The van der Waals surface area contributed by atoms with Gasteiger partial charge in [-0.05, 0) is 6.07 Å². The molecule has 0 aliphatic carbocycles. The maximum absolute atomic E-state index is 13.1. The van der Waals surface area contributed by atoms with Gasteiger partial charge in [0.2, 0.25) is 5.91 Å². The number of carbonyl (C=O) groups excluding carboxylic acids is 2. The highest BCUT2D eigenvalue weighted by molar-refractivity contribution is 7.14. The third kappa shape index (κ3) is 3.89. The second-order valence-electron chi connectivity index (χ2n) is 5.19. The first-order valence-electron chi connectivity index (χ1n) is 6.70. The molecule has 2 amide bonds. The van der Waals surface area contributed by atoms with Crippen molar-refractivity contribution >= 4 is 40.7 Å².